The summed E-state index contributed by atoms with van der Waals surface area (Å²) in [6.07, 6.45) is 17.7. The molecule has 0 bridgehead atoms. The van der Waals surface area contributed by atoms with Gasteiger partial charge in [0, 0.05) is 12.5 Å². The molecule has 2 fully saturated rings. The SMILES string of the molecule is CO.C[C@@H]1CC=C[C@H]2CC(C=O)=C[C@@]12C.C[C@@H]1CC=C[C@H]2C[C@]3(C=O)O[C@@H]3[C@@]12C.[CH3-].[Na+].[OH-]. The fourth-order valence-corrected chi connectivity index (χ4v) is 6.10. The summed E-state index contributed by atoms with van der Waals surface area (Å²) in [5, 5.41) is 7.00. The Morgan fingerprint density at radius 1 is 1.03 bits per heavy atom. The maximum absolute atomic E-state index is 11.0. The zero-order valence-corrected chi connectivity index (χ0v) is 22.9. The normalized spacial score (nSPS) is 43.4. The summed E-state index contributed by atoms with van der Waals surface area (Å²) in [6.45, 7) is 9.12. The second-order valence-corrected chi connectivity index (χ2v) is 9.89. The van der Waals surface area contributed by atoms with Crippen LogP contribution in [0.15, 0.2) is 36.0 Å². The first-order chi connectivity index (χ1) is 13.8. The summed E-state index contributed by atoms with van der Waals surface area (Å²) in [4.78, 5) is 21.7. The molecule has 0 radical (unpaired) electrons. The number of epoxide rings is 1. The number of carbonyl (C=O) groups excluding carboxylic acids is 2. The first-order valence-corrected chi connectivity index (χ1v) is 10.9. The minimum absolute atomic E-state index is 0. The third-order valence-electron chi connectivity index (χ3n) is 8.57. The number of ether oxygens (including phenoxy) is 1. The molecule has 1 saturated carbocycles. The van der Waals surface area contributed by atoms with Gasteiger partial charge in [0.15, 0.2) is 11.9 Å². The summed E-state index contributed by atoms with van der Waals surface area (Å²) in [5.74, 6) is 2.42. The van der Waals surface area contributed by atoms with E-state index < -0.39 is 5.60 Å². The van der Waals surface area contributed by atoms with Crippen molar-refractivity contribution in [1.29, 1.82) is 0 Å². The third-order valence-corrected chi connectivity index (χ3v) is 8.57. The molecule has 4 aliphatic carbocycles. The molecule has 32 heavy (non-hydrogen) atoms. The van der Waals surface area contributed by atoms with Crippen LogP contribution in [0, 0.1) is 41.9 Å². The van der Waals surface area contributed by atoms with Crippen LogP contribution in [0.3, 0.4) is 0 Å². The number of aldehydes is 2. The zero-order valence-electron chi connectivity index (χ0n) is 20.9. The monoisotopic (exact) mass is 455 g/mol. The molecule has 176 valence electrons. The van der Waals surface area contributed by atoms with Crippen LogP contribution < -0.4 is 29.6 Å². The average Bonchev–Trinajstić information content (AvgIpc) is 3.26. The fraction of sp³-hybridized carbons (Fsp3) is 0.654. The van der Waals surface area contributed by atoms with Crippen LogP contribution >= 0.6 is 0 Å². The van der Waals surface area contributed by atoms with Gasteiger partial charge >= 0.3 is 29.6 Å². The first-order valence-electron chi connectivity index (χ1n) is 10.9. The summed E-state index contributed by atoms with van der Waals surface area (Å²) in [5.41, 5.74) is 1.04. The molecule has 0 spiro atoms. The van der Waals surface area contributed by atoms with Crippen molar-refractivity contribution in [2.75, 3.05) is 7.11 Å². The minimum Gasteiger partial charge on any atom is -0.870 e. The number of fused-ring (bicyclic) bond motifs is 4. The molecule has 0 aromatic rings. The predicted molar refractivity (Wildman–Crippen MR) is 123 cm³/mol. The maximum atomic E-state index is 11.0. The van der Waals surface area contributed by atoms with Crippen LogP contribution in [-0.2, 0) is 14.3 Å². The molecule has 1 aliphatic heterocycles. The standard InChI is InChI=1S/C12H16O2.C12H16O.CH4O.CH3.Na.H2O/c1-8-4-3-5-9-6-12(7-13)10(14-12)11(8,9)2;1-9-4-3-5-11-6-10(8-13)7-12(9,11)2;1-2;;;/h3,5,7-10H,4,6H2,1-2H3;3,5,7-9,11H,4,6H2,1-2H3;2H,1H3;1H3;;1H2/q;;;-1;+1;/p-1/t8-,9+,10-,11+,12-;9-,11+,12+;;;;/m11..../s1. The van der Waals surface area contributed by atoms with E-state index in [-0.39, 0.29) is 59.4 Å². The summed E-state index contributed by atoms with van der Waals surface area (Å²) in [7, 11) is 1.00. The van der Waals surface area contributed by atoms with Crippen LogP contribution in [0.2, 0.25) is 0 Å². The molecule has 0 unspecified atom stereocenters. The maximum Gasteiger partial charge on any atom is 1.00 e. The van der Waals surface area contributed by atoms with Crippen LogP contribution in [0.1, 0.15) is 53.4 Å². The topological polar surface area (TPSA) is 96.9 Å². The van der Waals surface area contributed by atoms with Crippen molar-refractivity contribution in [2.24, 2.45) is 34.5 Å². The Kier molecular flexibility index (Phi) is 11.5. The van der Waals surface area contributed by atoms with Gasteiger partial charge in [-0.05, 0) is 60.3 Å². The first kappa shape index (κ1) is 31.4. The van der Waals surface area contributed by atoms with Crippen LogP contribution in [0.5, 0.6) is 0 Å². The van der Waals surface area contributed by atoms with Gasteiger partial charge in [-0.1, -0.05) is 58.1 Å². The molecule has 0 aromatic heterocycles. The largest absolute Gasteiger partial charge is 1.00 e. The van der Waals surface area contributed by atoms with Crippen molar-refractivity contribution >= 4 is 12.6 Å². The number of aliphatic hydroxyl groups is 1. The molecule has 5 rings (SSSR count). The number of carbonyl (C=O) groups is 2. The van der Waals surface area contributed by atoms with Gasteiger partial charge in [-0.2, -0.15) is 0 Å². The van der Waals surface area contributed by atoms with Crippen LogP contribution in [0.4, 0.5) is 0 Å². The van der Waals surface area contributed by atoms with E-state index in [0.717, 1.165) is 50.9 Å². The van der Waals surface area contributed by atoms with Gasteiger partial charge in [-0.3, -0.25) is 4.79 Å². The molecule has 0 aromatic carbocycles. The van der Waals surface area contributed by atoms with E-state index in [2.05, 4.69) is 58.1 Å². The smallest absolute Gasteiger partial charge is 0.870 e. The molecule has 1 saturated heterocycles. The van der Waals surface area contributed by atoms with Crippen molar-refractivity contribution in [3.63, 3.8) is 0 Å². The van der Waals surface area contributed by atoms with Crippen molar-refractivity contribution in [2.45, 2.75) is 65.1 Å². The number of aliphatic hydroxyl groups excluding tert-OH is 1. The van der Waals surface area contributed by atoms with Crippen LogP contribution in [-0.4, -0.2) is 42.0 Å². The summed E-state index contributed by atoms with van der Waals surface area (Å²) in [6, 6.07) is 0. The quantitative estimate of drug-likeness (QED) is 0.224. The van der Waals surface area contributed by atoms with E-state index in [9.17, 15) is 9.59 Å². The predicted octanol–water partition coefficient (Wildman–Crippen LogP) is 1.56. The van der Waals surface area contributed by atoms with Crippen molar-refractivity contribution in [3.8, 4) is 0 Å². The molecule has 2 N–H and O–H groups in total. The second-order valence-electron chi connectivity index (χ2n) is 9.89. The van der Waals surface area contributed by atoms with Crippen LogP contribution in [0.25, 0.3) is 0 Å². The van der Waals surface area contributed by atoms with Gasteiger partial charge in [0.05, 0.1) is 0 Å². The molecule has 1 heterocycles. The zero-order chi connectivity index (χ0) is 21.4. The van der Waals surface area contributed by atoms with Gasteiger partial charge < -0.3 is 27.5 Å². The number of allylic oxidation sites excluding steroid dienone is 6. The van der Waals surface area contributed by atoms with Crippen molar-refractivity contribution in [3.05, 3.63) is 43.4 Å². The second kappa shape index (κ2) is 11.7. The Balaban J connectivity index is 0.000000514. The van der Waals surface area contributed by atoms with Crippen molar-refractivity contribution < 1.29 is 54.5 Å². The Morgan fingerprint density at radius 3 is 2.09 bits per heavy atom. The minimum atomic E-state index is -0.400. The van der Waals surface area contributed by atoms with E-state index in [1.54, 1.807) is 0 Å². The van der Waals surface area contributed by atoms with Gasteiger partial charge in [0.25, 0.3) is 0 Å². The van der Waals surface area contributed by atoms with Gasteiger partial charge in [0.1, 0.15) is 12.4 Å². The van der Waals surface area contributed by atoms with Crippen molar-refractivity contribution in [1.82, 2.24) is 0 Å². The van der Waals surface area contributed by atoms with Gasteiger partial charge in [0.2, 0.25) is 0 Å². The molecule has 5 nitrogen and oxygen atoms in total. The number of hydrogen-bond acceptors (Lipinski definition) is 5. The summed E-state index contributed by atoms with van der Waals surface area (Å²) >= 11 is 0. The molecule has 6 heteroatoms. The summed E-state index contributed by atoms with van der Waals surface area (Å²) < 4.78 is 5.63. The Morgan fingerprint density at radius 2 is 1.59 bits per heavy atom. The average molecular weight is 456 g/mol. The molecule has 0 amide bonds. The molecular weight excluding hydrogens is 415 g/mol. The molecule has 8 atom stereocenters. The van der Waals surface area contributed by atoms with Gasteiger partial charge in [-0.25, -0.2) is 0 Å². The fourth-order valence-electron chi connectivity index (χ4n) is 6.10. The van der Waals surface area contributed by atoms with E-state index in [1.807, 2.05) is 0 Å². The Bertz CT molecular complexity index is 746. The third kappa shape index (κ3) is 4.94. The van der Waals surface area contributed by atoms with E-state index in [4.69, 9.17) is 9.84 Å². The van der Waals surface area contributed by atoms with E-state index >= 15 is 0 Å². The number of rotatable bonds is 2. The molecule has 5 aliphatic rings. The Labute approximate surface area is 216 Å². The van der Waals surface area contributed by atoms with E-state index in [0.29, 0.717) is 23.7 Å². The number of hydrogen-bond donors (Lipinski definition) is 1. The van der Waals surface area contributed by atoms with E-state index in [1.165, 1.54) is 0 Å². The van der Waals surface area contributed by atoms with Gasteiger partial charge in [-0.15, -0.1) is 0 Å². The Hall–Kier alpha value is -0.560. The molecular formula is C26H40NaO5-.